The molecule has 2 aliphatic carbocycles. The quantitative estimate of drug-likeness (QED) is 0.728. The number of carbonyl (C=O) groups excluding carboxylic acids is 1. The Morgan fingerprint density at radius 1 is 1.21 bits per heavy atom. The van der Waals surface area contributed by atoms with Gasteiger partial charge in [0.15, 0.2) is 5.82 Å². The van der Waals surface area contributed by atoms with E-state index in [2.05, 4.69) is 15.5 Å². The van der Waals surface area contributed by atoms with E-state index in [1.807, 2.05) is 0 Å². The highest BCUT2D eigenvalue weighted by Crippen LogP contribution is 2.35. The first-order chi connectivity index (χ1) is 13.4. The van der Waals surface area contributed by atoms with Crippen LogP contribution in [0.4, 0.5) is 4.79 Å². The molecule has 1 saturated heterocycles. The summed E-state index contributed by atoms with van der Waals surface area (Å²) in [6.07, 6.45) is 9.37. The van der Waals surface area contributed by atoms with E-state index < -0.39 is 10.0 Å². The number of hydrogen-bond donors (Lipinski definition) is 1. The molecule has 156 valence electrons. The minimum Gasteiger partial charge on any atom is -0.339 e. The van der Waals surface area contributed by atoms with Crippen molar-refractivity contribution >= 4 is 16.1 Å². The number of hydrogen-bond acceptors (Lipinski definition) is 6. The second-order valence-electron chi connectivity index (χ2n) is 8.29. The Kier molecular flexibility index (Phi) is 5.59. The molecular formula is C18H29N5O4S. The smallest absolute Gasteiger partial charge is 0.317 e. The second kappa shape index (κ2) is 7.98. The average Bonchev–Trinajstić information content (AvgIpc) is 3.18. The highest BCUT2D eigenvalue weighted by Gasteiger charge is 2.39. The van der Waals surface area contributed by atoms with Gasteiger partial charge in [-0.25, -0.2) is 13.2 Å². The normalized spacial score (nSPS) is 21.7. The maximum Gasteiger partial charge on any atom is 0.317 e. The maximum absolute atomic E-state index is 12.3. The first-order valence-electron chi connectivity index (χ1n) is 10.2. The van der Waals surface area contributed by atoms with Gasteiger partial charge in [-0.2, -0.15) is 9.29 Å². The van der Waals surface area contributed by atoms with Crippen LogP contribution in [-0.4, -0.2) is 71.8 Å². The Morgan fingerprint density at radius 3 is 2.54 bits per heavy atom. The van der Waals surface area contributed by atoms with E-state index >= 15 is 0 Å². The van der Waals surface area contributed by atoms with Crippen molar-refractivity contribution in [3.63, 3.8) is 0 Å². The Labute approximate surface area is 165 Å². The van der Waals surface area contributed by atoms with Crippen LogP contribution >= 0.6 is 0 Å². The topological polar surface area (TPSA) is 109 Å². The van der Waals surface area contributed by atoms with Crippen LogP contribution in [0.3, 0.4) is 0 Å². The summed E-state index contributed by atoms with van der Waals surface area (Å²) >= 11 is 0. The van der Waals surface area contributed by atoms with Gasteiger partial charge in [-0.3, -0.25) is 0 Å². The van der Waals surface area contributed by atoms with Gasteiger partial charge >= 0.3 is 6.03 Å². The summed E-state index contributed by atoms with van der Waals surface area (Å²) in [5.41, 5.74) is 0. The molecule has 1 aliphatic heterocycles. The summed E-state index contributed by atoms with van der Waals surface area (Å²) < 4.78 is 31.3. The minimum absolute atomic E-state index is 0.0834. The predicted molar refractivity (Wildman–Crippen MR) is 102 cm³/mol. The van der Waals surface area contributed by atoms with Crippen LogP contribution in [0.25, 0.3) is 0 Å². The lowest BCUT2D eigenvalue weighted by Crippen LogP contribution is -2.64. The standard InChI is InChI=1S/C18H29N5O4S/c1-28(25,26)23(10-9-16-20-17(27-21-16)13-5-4-6-13)15-11-22(12-15)18(24)19-14-7-2-3-8-14/h13-15H,2-12H2,1H3,(H,19,24). The number of carbonyl (C=O) groups is 1. The van der Waals surface area contributed by atoms with E-state index in [4.69, 9.17) is 4.52 Å². The molecule has 10 heteroatoms. The van der Waals surface area contributed by atoms with Crippen LogP contribution in [0.15, 0.2) is 4.52 Å². The van der Waals surface area contributed by atoms with Crippen molar-refractivity contribution in [3.05, 3.63) is 11.7 Å². The van der Waals surface area contributed by atoms with Crippen molar-refractivity contribution in [2.45, 2.75) is 69.4 Å². The third-order valence-corrected chi connectivity index (χ3v) is 7.49. The average molecular weight is 412 g/mol. The van der Waals surface area contributed by atoms with E-state index in [9.17, 15) is 13.2 Å². The van der Waals surface area contributed by atoms with Gasteiger partial charge in [-0.1, -0.05) is 24.4 Å². The van der Waals surface area contributed by atoms with Crippen molar-refractivity contribution in [3.8, 4) is 0 Å². The SMILES string of the molecule is CS(=O)(=O)N(CCc1noc(C2CCC2)n1)C1CN(C(=O)NC2CCCC2)C1. The van der Waals surface area contributed by atoms with E-state index in [1.54, 1.807) is 4.90 Å². The molecule has 1 aromatic rings. The van der Waals surface area contributed by atoms with Gasteiger partial charge in [-0.15, -0.1) is 0 Å². The Balaban J connectivity index is 1.29. The van der Waals surface area contributed by atoms with E-state index in [-0.39, 0.29) is 18.1 Å². The zero-order valence-electron chi connectivity index (χ0n) is 16.3. The number of sulfonamides is 1. The van der Waals surface area contributed by atoms with Crippen LogP contribution in [0.5, 0.6) is 0 Å². The molecule has 0 aromatic carbocycles. The van der Waals surface area contributed by atoms with Crippen LogP contribution < -0.4 is 5.32 Å². The molecule has 0 spiro atoms. The van der Waals surface area contributed by atoms with E-state index in [0.29, 0.717) is 43.7 Å². The molecule has 1 aromatic heterocycles. The summed E-state index contributed by atoms with van der Waals surface area (Å²) in [5.74, 6) is 1.59. The van der Waals surface area contributed by atoms with Gasteiger partial charge in [0.05, 0.1) is 12.3 Å². The van der Waals surface area contributed by atoms with Gasteiger partial charge in [0, 0.05) is 38.0 Å². The Bertz CT molecular complexity index is 795. The number of nitrogens with zero attached hydrogens (tertiary/aromatic N) is 4. The molecule has 4 rings (SSSR count). The number of rotatable bonds is 7. The van der Waals surface area contributed by atoms with Crippen LogP contribution in [0, 0.1) is 0 Å². The molecule has 2 amide bonds. The second-order valence-corrected chi connectivity index (χ2v) is 10.2. The number of nitrogens with one attached hydrogen (secondary N) is 1. The Hall–Kier alpha value is -1.68. The van der Waals surface area contributed by atoms with E-state index in [1.165, 1.54) is 17.0 Å². The van der Waals surface area contributed by atoms with Crippen molar-refractivity contribution in [1.29, 1.82) is 0 Å². The summed E-state index contributed by atoms with van der Waals surface area (Å²) in [6.45, 7) is 1.14. The fraction of sp³-hybridized carbons (Fsp3) is 0.833. The molecule has 0 bridgehead atoms. The summed E-state index contributed by atoms with van der Waals surface area (Å²) in [4.78, 5) is 18.4. The van der Waals surface area contributed by atoms with Gasteiger partial charge in [-0.05, 0) is 25.7 Å². The molecule has 0 unspecified atom stereocenters. The fourth-order valence-corrected chi connectivity index (χ4v) is 5.26. The number of urea groups is 1. The zero-order chi connectivity index (χ0) is 19.7. The van der Waals surface area contributed by atoms with Crippen LogP contribution in [0.2, 0.25) is 0 Å². The molecule has 2 heterocycles. The number of amides is 2. The number of aromatic nitrogens is 2. The predicted octanol–water partition coefficient (Wildman–Crippen LogP) is 1.48. The fourth-order valence-electron chi connectivity index (χ4n) is 4.16. The lowest BCUT2D eigenvalue weighted by atomic mass is 9.85. The summed E-state index contributed by atoms with van der Waals surface area (Å²) in [5, 5.41) is 7.04. The minimum atomic E-state index is -3.38. The van der Waals surface area contributed by atoms with Crippen LogP contribution in [0.1, 0.15) is 62.6 Å². The first kappa shape index (κ1) is 19.6. The van der Waals surface area contributed by atoms with Gasteiger partial charge in [0.1, 0.15) is 0 Å². The van der Waals surface area contributed by atoms with Crippen molar-refractivity contribution < 1.29 is 17.7 Å². The largest absolute Gasteiger partial charge is 0.339 e. The molecule has 28 heavy (non-hydrogen) atoms. The monoisotopic (exact) mass is 411 g/mol. The lowest BCUT2D eigenvalue weighted by molar-refractivity contribution is 0.0995. The molecule has 1 N–H and O–H groups in total. The molecule has 3 fully saturated rings. The van der Waals surface area contributed by atoms with Gasteiger partial charge < -0.3 is 14.7 Å². The summed E-state index contributed by atoms with van der Waals surface area (Å²) in [6, 6.07) is -0.0112. The molecule has 0 atom stereocenters. The molecule has 3 aliphatic rings. The van der Waals surface area contributed by atoms with Crippen molar-refractivity contribution in [2.75, 3.05) is 25.9 Å². The molecule has 9 nitrogen and oxygen atoms in total. The third-order valence-electron chi connectivity index (χ3n) is 6.16. The lowest BCUT2D eigenvalue weighted by Gasteiger charge is -2.44. The zero-order valence-corrected chi connectivity index (χ0v) is 17.2. The Morgan fingerprint density at radius 2 is 1.93 bits per heavy atom. The molecule has 2 saturated carbocycles. The third kappa shape index (κ3) is 4.32. The first-order valence-corrected chi connectivity index (χ1v) is 12.1. The van der Waals surface area contributed by atoms with Crippen molar-refractivity contribution in [2.24, 2.45) is 0 Å². The molecule has 0 radical (unpaired) electrons. The highest BCUT2D eigenvalue weighted by molar-refractivity contribution is 7.88. The summed E-state index contributed by atoms with van der Waals surface area (Å²) in [7, 11) is -3.38. The van der Waals surface area contributed by atoms with E-state index in [0.717, 1.165) is 38.5 Å². The van der Waals surface area contributed by atoms with Gasteiger partial charge in [0.25, 0.3) is 0 Å². The molecular weight excluding hydrogens is 382 g/mol. The van der Waals surface area contributed by atoms with Crippen LogP contribution in [-0.2, 0) is 16.4 Å². The van der Waals surface area contributed by atoms with Crippen molar-refractivity contribution in [1.82, 2.24) is 24.7 Å². The number of likely N-dealkylation sites (tertiary alicyclic amines) is 1. The van der Waals surface area contributed by atoms with Gasteiger partial charge in [0.2, 0.25) is 15.9 Å². The maximum atomic E-state index is 12.3. The highest BCUT2D eigenvalue weighted by atomic mass is 32.2.